The zero-order valence-electron chi connectivity index (χ0n) is 10.6. The van der Waals surface area contributed by atoms with Crippen molar-refractivity contribution in [1.29, 1.82) is 0 Å². The van der Waals surface area contributed by atoms with Crippen molar-refractivity contribution >= 4 is 17.9 Å². The van der Waals surface area contributed by atoms with E-state index >= 15 is 0 Å². The second-order valence-corrected chi connectivity index (χ2v) is 4.10. The van der Waals surface area contributed by atoms with Crippen LogP contribution in [0.25, 0.3) is 0 Å². The van der Waals surface area contributed by atoms with Crippen LogP contribution in [-0.2, 0) is 0 Å². The van der Waals surface area contributed by atoms with Crippen molar-refractivity contribution in [1.82, 2.24) is 5.43 Å². The lowest BCUT2D eigenvalue weighted by Gasteiger charge is -2.03. The Morgan fingerprint density at radius 3 is 2.42 bits per heavy atom. The lowest BCUT2D eigenvalue weighted by atomic mass is 10.2. The summed E-state index contributed by atoms with van der Waals surface area (Å²) >= 11 is 0. The Balaban J connectivity index is 1.85. The molecule has 2 rings (SSSR count). The molecular formula is C15H15N3O. The standard InChI is InChI=1S/C15H15N3O/c1-12-7-9-13(10-8-12)11-16-18-15(19)17-14-5-3-2-4-6-14/h2-11H,1H3,(H2,17,18,19). The minimum atomic E-state index is -0.366. The number of nitrogens with zero attached hydrogens (tertiary/aromatic N) is 1. The van der Waals surface area contributed by atoms with Crippen molar-refractivity contribution in [3.63, 3.8) is 0 Å². The van der Waals surface area contributed by atoms with Gasteiger partial charge < -0.3 is 5.32 Å². The monoisotopic (exact) mass is 253 g/mol. The molecule has 0 saturated carbocycles. The van der Waals surface area contributed by atoms with Crippen LogP contribution in [0.5, 0.6) is 0 Å². The molecule has 4 heteroatoms. The number of nitrogens with one attached hydrogen (secondary N) is 2. The third-order valence-electron chi connectivity index (χ3n) is 2.49. The van der Waals surface area contributed by atoms with Crippen LogP contribution in [0, 0.1) is 6.92 Å². The van der Waals surface area contributed by atoms with Crippen LogP contribution in [0.1, 0.15) is 11.1 Å². The first kappa shape index (κ1) is 12.8. The Kier molecular flexibility index (Phi) is 4.29. The third kappa shape index (κ3) is 4.27. The summed E-state index contributed by atoms with van der Waals surface area (Å²) in [6.45, 7) is 2.02. The molecule has 96 valence electrons. The van der Waals surface area contributed by atoms with E-state index in [0.717, 1.165) is 11.3 Å². The zero-order valence-corrected chi connectivity index (χ0v) is 10.6. The van der Waals surface area contributed by atoms with E-state index < -0.39 is 0 Å². The predicted octanol–water partition coefficient (Wildman–Crippen LogP) is 3.15. The lowest BCUT2D eigenvalue weighted by Crippen LogP contribution is -2.24. The van der Waals surface area contributed by atoms with E-state index in [1.165, 1.54) is 5.56 Å². The van der Waals surface area contributed by atoms with Gasteiger partial charge in [-0.2, -0.15) is 5.10 Å². The number of hydrogen-bond donors (Lipinski definition) is 2. The Labute approximate surface area is 112 Å². The van der Waals surface area contributed by atoms with Crippen molar-refractivity contribution in [3.8, 4) is 0 Å². The van der Waals surface area contributed by atoms with E-state index in [-0.39, 0.29) is 6.03 Å². The lowest BCUT2D eigenvalue weighted by molar-refractivity contribution is 0.252. The van der Waals surface area contributed by atoms with Crippen LogP contribution in [0.4, 0.5) is 10.5 Å². The molecule has 0 heterocycles. The first-order valence-corrected chi connectivity index (χ1v) is 5.96. The van der Waals surface area contributed by atoms with Gasteiger partial charge in [-0.25, -0.2) is 10.2 Å². The highest BCUT2D eigenvalue weighted by atomic mass is 16.2. The molecule has 0 fully saturated rings. The highest BCUT2D eigenvalue weighted by molar-refractivity contribution is 5.90. The number of urea groups is 1. The summed E-state index contributed by atoms with van der Waals surface area (Å²) in [6, 6.07) is 16.7. The van der Waals surface area contributed by atoms with Gasteiger partial charge in [-0.3, -0.25) is 0 Å². The molecule has 0 unspecified atom stereocenters. The SMILES string of the molecule is Cc1ccc(C=NNC(=O)Nc2ccccc2)cc1. The second-order valence-electron chi connectivity index (χ2n) is 4.10. The minimum Gasteiger partial charge on any atom is -0.307 e. The fraction of sp³-hybridized carbons (Fsp3) is 0.0667. The van der Waals surface area contributed by atoms with Crippen molar-refractivity contribution in [2.24, 2.45) is 5.10 Å². The first-order valence-electron chi connectivity index (χ1n) is 5.96. The summed E-state index contributed by atoms with van der Waals surface area (Å²) < 4.78 is 0. The molecule has 4 nitrogen and oxygen atoms in total. The number of anilines is 1. The smallest absolute Gasteiger partial charge is 0.307 e. The van der Waals surface area contributed by atoms with Gasteiger partial charge in [-0.15, -0.1) is 0 Å². The van der Waals surface area contributed by atoms with Gasteiger partial charge >= 0.3 is 6.03 Å². The van der Waals surface area contributed by atoms with Crippen molar-refractivity contribution < 1.29 is 4.79 Å². The minimum absolute atomic E-state index is 0.366. The van der Waals surface area contributed by atoms with E-state index in [1.54, 1.807) is 6.21 Å². The number of aryl methyl sites for hydroxylation is 1. The molecular weight excluding hydrogens is 238 g/mol. The van der Waals surface area contributed by atoms with Gasteiger partial charge in [-0.1, -0.05) is 48.0 Å². The van der Waals surface area contributed by atoms with Gasteiger partial charge in [-0.05, 0) is 24.6 Å². The molecule has 0 aliphatic carbocycles. The number of hydrogen-bond acceptors (Lipinski definition) is 2. The summed E-state index contributed by atoms with van der Waals surface area (Å²) in [4.78, 5) is 11.5. The Morgan fingerprint density at radius 2 is 1.74 bits per heavy atom. The highest BCUT2D eigenvalue weighted by Gasteiger charge is 1.97. The summed E-state index contributed by atoms with van der Waals surface area (Å²) in [6.07, 6.45) is 1.60. The van der Waals surface area contributed by atoms with Crippen molar-refractivity contribution in [2.45, 2.75) is 6.92 Å². The van der Waals surface area contributed by atoms with E-state index in [2.05, 4.69) is 15.8 Å². The van der Waals surface area contributed by atoms with E-state index in [9.17, 15) is 4.79 Å². The topological polar surface area (TPSA) is 53.5 Å². The average Bonchev–Trinajstić information content (AvgIpc) is 2.42. The molecule has 0 aliphatic rings. The maximum absolute atomic E-state index is 11.5. The van der Waals surface area contributed by atoms with Crippen LogP contribution >= 0.6 is 0 Å². The van der Waals surface area contributed by atoms with Gasteiger partial charge in [0.15, 0.2) is 0 Å². The third-order valence-corrected chi connectivity index (χ3v) is 2.49. The van der Waals surface area contributed by atoms with Crippen molar-refractivity contribution in [2.75, 3.05) is 5.32 Å². The highest BCUT2D eigenvalue weighted by Crippen LogP contribution is 2.04. The molecule has 0 saturated heterocycles. The largest absolute Gasteiger partial charge is 0.339 e. The molecule has 0 aromatic heterocycles. The van der Waals surface area contributed by atoms with E-state index in [4.69, 9.17) is 0 Å². The van der Waals surface area contributed by atoms with Crippen LogP contribution in [0.15, 0.2) is 59.7 Å². The molecule has 2 amide bonds. The van der Waals surface area contributed by atoms with Crippen LogP contribution in [-0.4, -0.2) is 12.2 Å². The molecule has 0 bridgehead atoms. The number of hydrazone groups is 1. The molecule has 2 N–H and O–H groups in total. The number of para-hydroxylation sites is 1. The Bertz CT molecular complexity index is 562. The van der Waals surface area contributed by atoms with E-state index in [0.29, 0.717) is 0 Å². The van der Waals surface area contributed by atoms with Crippen molar-refractivity contribution in [3.05, 3.63) is 65.7 Å². The number of carbonyl (C=O) groups excluding carboxylic acids is 1. The Morgan fingerprint density at radius 1 is 1.05 bits per heavy atom. The molecule has 0 aliphatic heterocycles. The quantitative estimate of drug-likeness (QED) is 0.640. The molecule has 0 spiro atoms. The molecule has 2 aromatic rings. The Hall–Kier alpha value is -2.62. The normalized spacial score (nSPS) is 10.4. The molecule has 19 heavy (non-hydrogen) atoms. The van der Waals surface area contributed by atoms with Crippen LogP contribution in [0.2, 0.25) is 0 Å². The fourth-order valence-corrected chi connectivity index (χ4v) is 1.50. The van der Waals surface area contributed by atoms with Gasteiger partial charge in [0.05, 0.1) is 6.21 Å². The van der Waals surface area contributed by atoms with Gasteiger partial charge in [0.2, 0.25) is 0 Å². The van der Waals surface area contributed by atoms with E-state index in [1.807, 2.05) is 61.5 Å². The van der Waals surface area contributed by atoms with Gasteiger partial charge in [0.25, 0.3) is 0 Å². The average molecular weight is 253 g/mol. The number of rotatable bonds is 3. The zero-order chi connectivity index (χ0) is 13.5. The second kappa shape index (κ2) is 6.35. The number of amides is 2. The number of benzene rings is 2. The summed E-state index contributed by atoms with van der Waals surface area (Å²) in [7, 11) is 0. The molecule has 2 aromatic carbocycles. The molecule has 0 radical (unpaired) electrons. The van der Waals surface area contributed by atoms with Gasteiger partial charge in [0, 0.05) is 5.69 Å². The van der Waals surface area contributed by atoms with Crippen LogP contribution < -0.4 is 10.7 Å². The predicted molar refractivity (Wildman–Crippen MR) is 77.4 cm³/mol. The van der Waals surface area contributed by atoms with Crippen LogP contribution in [0.3, 0.4) is 0 Å². The fourth-order valence-electron chi connectivity index (χ4n) is 1.50. The van der Waals surface area contributed by atoms with Gasteiger partial charge in [0.1, 0.15) is 0 Å². The summed E-state index contributed by atoms with van der Waals surface area (Å²) in [5.74, 6) is 0. The molecule has 0 atom stereocenters. The first-order chi connectivity index (χ1) is 9.24. The summed E-state index contributed by atoms with van der Waals surface area (Å²) in [5, 5.41) is 6.55. The number of carbonyl (C=O) groups is 1. The maximum atomic E-state index is 11.5. The maximum Gasteiger partial charge on any atom is 0.339 e. The summed E-state index contributed by atoms with van der Waals surface area (Å²) in [5.41, 5.74) is 5.26.